The van der Waals surface area contributed by atoms with E-state index in [0.717, 1.165) is 29.4 Å². The molecule has 2 N–H and O–H groups in total. The number of benzene rings is 2. The number of carbonyl (C=O) groups excluding carboxylic acids is 2. The van der Waals surface area contributed by atoms with Gasteiger partial charge in [0, 0.05) is 35.0 Å². The minimum Gasteiger partial charge on any atom is -0.490 e. The quantitative estimate of drug-likeness (QED) is 0.622. The fourth-order valence-corrected chi connectivity index (χ4v) is 4.96. The number of primary amides is 1. The van der Waals surface area contributed by atoms with Crippen LogP contribution in [-0.2, 0) is 11.3 Å². The number of nitrogens with two attached hydrogens (primary N) is 1. The molecule has 166 valence electrons. The number of nitrogens with zero attached hydrogens (tertiary/aromatic N) is 2. The summed E-state index contributed by atoms with van der Waals surface area (Å²) >= 11 is 6.31. The van der Waals surface area contributed by atoms with Crippen LogP contribution in [0.1, 0.15) is 29.1 Å². The Kier molecular flexibility index (Phi) is 5.38. The third kappa shape index (κ3) is 3.98. The minimum atomic E-state index is -0.693. The van der Waals surface area contributed by atoms with Gasteiger partial charge in [-0.3, -0.25) is 4.79 Å². The highest BCUT2D eigenvalue weighted by atomic mass is 35.5. The van der Waals surface area contributed by atoms with E-state index in [4.69, 9.17) is 31.3 Å². The zero-order chi connectivity index (χ0) is 22.2. The zero-order valence-electron chi connectivity index (χ0n) is 17.2. The van der Waals surface area contributed by atoms with E-state index < -0.39 is 12.0 Å². The standard InChI is InChI=1S/C23H22ClN3O5/c24-19-5-6-21(18-4-2-1-3-17(18)19)31-15-7-13-10-27(11-14(13)8-15)23(29)30-12-16-9-20(22(25)28)26-32-16/h1-6,9,13-15H,7-8,10-12H2,(H2,25,28)/t13-,14+,15?. The first kappa shape index (κ1) is 20.6. The molecule has 2 fully saturated rings. The van der Waals surface area contributed by atoms with Crippen molar-refractivity contribution in [2.45, 2.75) is 25.6 Å². The van der Waals surface area contributed by atoms with Crippen LogP contribution in [-0.4, -0.2) is 41.3 Å². The van der Waals surface area contributed by atoms with Gasteiger partial charge in [-0.1, -0.05) is 41.0 Å². The maximum atomic E-state index is 12.4. The molecular weight excluding hydrogens is 434 g/mol. The van der Waals surface area contributed by atoms with Crippen LogP contribution < -0.4 is 10.5 Å². The van der Waals surface area contributed by atoms with E-state index in [1.807, 2.05) is 36.4 Å². The first-order valence-corrected chi connectivity index (χ1v) is 10.9. The van der Waals surface area contributed by atoms with Gasteiger partial charge in [-0.2, -0.15) is 0 Å². The number of fused-ring (bicyclic) bond motifs is 2. The molecule has 2 heterocycles. The van der Waals surface area contributed by atoms with Gasteiger partial charge < -0.3 is 24.6 Å². The lowest BCUT2D eigenvalue weighted by Crippen LogP contribution is -2.31. The van der Waals surface area contributed by atoms with E-state index in [9.17, 15) is 9.59 Å². The molecule has 2 amide bonds. The van der Waals surface area contributed by atoms with Crippen LogP contribution >= 0.6 is 11.6 Å². The van der Waals surface area contributed by atoms with Crippen molar-refractivity contribution in [3.63, 3.8) is 0 Å². The molecule has 32 heavy (non-hydrogen) atoms. The van der Waals surface area contributed by atoms with E-state index in [0.29, 0.717) is 29.9 Å². The van der Waals surface area contributed by atoms with Crippen LogP contribution in [0.2, 0.25) is 5.02 Å². The molecule has 5 rings (SSSR count). The van der Waals surface area contributed by atoms with Crippen LogP contribution in [0.25, 0.3) is 10.8 Å². The number of hydrogen-bond donors (Lipinski definition) is 1. The fraction of sp³-hybridized carbons (Fsp3) is 0.348. The normalized spacial score (nSPS) is 22.2. The van der Waals surface area contributed by atoms with Crippen molar-refractivity contribution < 1.29 is 23.6 Å². The Labute approximate surface area is 189 Å². The average Bonchev–Trinajstić information content (AvgIpc) is 3.49. The molecule has 3 aromatic rings. The molecular formula is C23H22ClN3O5. The second-order valence-electron chi connectivity index (χ2n) is 8.32. The molecule has 8 nitrogen and oxygen atoms in total. The topological polar surface area (TPSA) is 108 Å². The van der Waals surface area contributed by atoms with Crippen molar-refractivity contribution in [1.82, 2.24) is 10.1 Å². The molecule has 0 bridgehead atoms. The summed E-state index contributed by atoms with van der Waals surface area (Å²) in [4.78, 5) is 25.2. The summed E-state index contributed by atoms with van der Waals surface area (Å²) < 4.78 is 16.6. The van der Waals surface area contributed by atoms with Gasteiger partial charge in [-0.25, -0.2) is 4.79 Å². The van der Waals surface area contributed by atoms with E-state index in [-0.39, 0.29) is 24.2 Å². The van der Waals surface area contributed by atoms with Crippen LogP contribution in [0.15, 0.2) is 47.0 Å². The second-order valence-corrected chi connectivity index (χ2v) is 8.73. The number of ether oxygens (including phenoxy) is 2. The first-order valence-electron chi connectivity index (χ1n) is 10.5. The molecule has 9 heteroatoms. The largest absolute Gasteiger partial charge is 0.490 e. The molecule has 3 atom stereocenters. The number of amides is 2. The van der Waals surface area contributed by atoms with Crippen molar-refractivity contribution in [1.29, 1.82) is 0 Å². The van der Waals surface area contributed by atoms with Crippen molar-refractivity contribution in [3.05, 3.63) is 58.9 Å². The highest BCUT2D eigenvalue weighted by molar-refractivity contribution is 6.35. The van der Waals surface area contributed by atoms with Gasteiger partial charge in [0.2, 0.25) is 0 Å². The van der Waals surface area contributed by atoms with Gasteiger partial charge in [0.1, 0.15) is 5.75 Å². The average molecular weight is 456 g/mol. The van der Waals surface area contributed by atoms with Gasteiger partial charge in [0.05, 0.1) is 6.10 Å². The Morgan fingerprint density at radius 3 is 2.53 bits per heavy atom. The summed E-state index contributed by atoms with van der Waals surface area (Å²) in [5.74, 6) is 1.17. The molecule has 1 aliphatic carbocycles. The van der Waals surface area contributed by atoms with Crippen LogP contribution in [0.3, 0.4) is 0 Å². The van der Waals surface area contributed by atoms with E-state index in [2.05, 4.69) is 5.16 Å². The Bertz CT molecular complexity index is 1170. The Hall–Kier alpha value is -3.26. The third-order valence-electron chi connectivity index (χ3n) is 6.24. The highest BCUT2D eigenvalue weighted by Gasteiger charge is 2.43. The van der Waals surface area contributed by atoms with Crippen molar-refractivity contribution >= 4 is 34.4 Å². The van der Waals surface area contributed by atoms with Gasteiger partial charge in [0.25, 0.3) is 5.91 Å². The zero-order valence-corrected chi connectivity index (χ0v) is 18.0. The molecule has 1 aromatic heterocycles. The molecule has 1 saturated heterocycles. The van der Waals surface area contributed by atoms with E-state index in [1.54, 1.807) is 4.90 Å². The van der Waals surface area contributed by atoms with E-state index >= 15 is 0 Å². The van der Waals surface area contributed by atoms with Gasteiger partial charge in [-0.15, -0.1) is 0 Å². The van der Waals surface area contributed by atoms with E-state index in [1.165, 1.54) is 6.07 Å². The van der Waals surface area contributed by atoms with Crippen LogP contribution in [0.4, 0.5) is 4.79 Å². The SMILES string of the molecule is NC(=O)c1cc(COC(=O)N2C[C@H]3CC(Oc4ccc(Cl)c5ccccc45)C[C@H]3C2)on1. The lowest BCUT2D eigenvalue weighted by molar-refractivity contribution is 0.0899. The maximum Gasteiger partial charge on any atom is 0.410 e. The summed E-state index contributed by atoms with van der Waals surface area (Å²) in [7, 11) is 0. The molecule has 1 saturated carbocycles. The predicted molar refractivity (Wildman–Crippen MR) is 116 cm³/mol. The molecule has 1 unspecified atom stereocenters. The fourth-order valence-electron chi connectivity index (χ4n) is 4.73. The summed E-state index contributed by atoms with van der Waals surface area (Å²) in [5.41, 5.74) is 5.14. The summed E-state index contributed by atoms with van der Waals surface area (Å²) in [6, 6.07) is 13.1. The van der Waals surface area contributed by atoms with Crippen LogP contribution in [0.5, 0.6) is 5.75 Å². The maximum absolute atomic E-state index is 12.4. The Morgan fingerprint density at radius 2 is 1.84 bits per heavy atom. The Balaban J connectivity index is 1.15. The monoisotopic (exact) mass is 455 g/mol. The second kappa shape index (κ2) is 8.35. The lowest BCUT2D eigenvalue weighted by Gasteiger charge is -2.20. The summed E-state index contributed by atoms with van der Waals surface area (Å²) in [5, 5.41) is 6.23. The number of halogens is 1. The number of hydrogen-bond acceptors (Lipinski definition) is 6. The van der Waals surface area contributed by atoms with Crippen molar-refractivity contribution in [2.75, 3.05) is 13.1 Å². The lowest BCUT2D eigenvalue weighted by atomic mass is 10.0. The summed E-state index contributed by atoms with van der Waals surface area (Å²) in [6.45, 7) is 1.17. The molecule has 0 radical (unpaired) electrons. The number of rotatable bonds is 5. The predicted octanol–water partition coefficient (Wildman–Crippen LogP) is 4.01. The van der Waals surface area contributed by atoms with Gasteiger partial charge in [0.15, 0.2) is 18.1 Å². The molecule has 0 spiro atoms. The van der Waals surface area contributed by atoms with Gasteiger partial charge >= 0.3 is 6.09 Å². The Morgan fingerprint density at radius 1 is 1.12 bits per heavy atom. The molecule has 2 aromatic carbocycles. The van der Waals surface area contributed by atoms with Crippen molar-refractivity contribution in [2.24, 2.45) is 17.6 Å². The minimum absolute atomic E-state index is 0.00580. The van der Waals surface area contributed by atoms with Crippen LogP contribution in [0, 0.1) is 11.8 Å². The first-order chi connectivity index (χ1) is 15.5. The van der Waals surface area contributed by atoms with Gasteiger partial charge in [-0.05, 0) is 36.8 Å². The number of aromatic nitrogens is 1. The number of carbonyl (C=O) groups is 2. The summed E-state index contributed by atoms with van der Waals surface area (Å²) in [6.07, 6.45) is 1.47. The number of likely N-dealkylation sites (tertiary alicyclic amines) is 1. The smallest absolute Gasteiger partial charge is 0.410 e. The van der Waals surface area contributed by atoms with Crippen molar-refractivity contribution in [3.8, 4) is 5.75 Å². The molecule has 1 aliphatic heterocycles. The molecule has 2 aliphatic rings. The third-order valence-corrected chi connectivity index (χ3v) is 6.57. The highest BCUT2D eigenvalue weighted by Crippen LogP contribution is 2.41.